The van der Waals surface area contributed by atoms with Crippen LogP contribution < -0.4 is 5.32 Å². The average Bonchev–Trinajstić information content (AvgIpc) is 3.08. The average molecular weight is 359 g/mol. The summed E-state index contributed by atoms with van der Waals surface area (Å²) in [4.78, 5) is 12.5. The van der Waals surface area contributed by atoms with E-state index >= 15 is 0 Å². The minimum atomic E-state index is 0.0659. The second kappa shape index (κ2) is 7.78. The van der Waals surface area contributed by atoms with Gasteiger partial charge in [-0.05, 0) is 37.3 Å². The standard InChI is InChI=1S/C23H25N3O/c1-17-10-12-18(13-11-17)14-23(27)25-21-8-5-9-22-20(21)15-24-26(22)16-19-6-3-2-4-7-19/h2-4,6-7,10-13,15,21H,5,8-9,14,16H2,1H3,(H,25,27). The third-order valence-corrected chi connectivity index (χ3v) is 5.26. The molecule has 27 heavy (non-hydrogen) atoms. The lowest BCUT2D eigenvalue weighted by atomic mass is 9.92. The van der Waals surface area contributed by atoms with Crippen molar-refractivity contribution >= 4 is 5.91 Å². The van der Waals surface area contributed by atoms with E-state index in [1.165, 1.54) is 22.4 Å². The van der Waals surface area contributed by atoms with Gasteiger partial charge in [-0.3, -0.25) is 9.48 Å². The van der Waals surface area contributed by atoms with Crippen molar-refractivity contribution in [2.45, 2.75) is 45.2 Å². The van der Waals surface area contributed by atoms with Gasteiger partial charge in [-0.2, -0.15) is 5.10 Å². The highest BCUT2D eigenvalue weighted by Crippen LogP contribution is 2.30. The molecule has 1 heterocycles. The molecule has 0 saturated heterocycles. The Morgan fingerprint density at radius 3 is 2.67 bits per heavy atom. The van der Waals surface area contributed by atoms with E-state index in [0.29, 0.717) is 6.42 Å². The lowest BCUT2D eigenvalue weighted by Gasteiger charge is -2.24. The van der Waals surface area contributed by atoms with E-state index in [-0.39, 0.29) is 11.9 Å². The van der Waals surface area contributed by atoms with Gasteiger partial charge in [0.1, 0.15) is 0 Å². The molecule has 1 aliphatic rings. The van der Waals surface area contributed by atoms with Crippen LogP contribution in [0.2, 0.25) is 0 Å². The molecular formula is C23H25N3O. The number of nitrogens with one attached hydrogen (secondary N) is 1. The molecule has 1 aliphatic carbocycles. The van der Waals surface area contributed by atoms with E-state index in [0.717, 1.165) is 31.4 Å². The van der Waals surface area contributed by atoms with Crippen molar-refractivity contribution in [2.24, 2.45) is 0 Å². The molecule has 0 aliphatic heterocycles. The maximum atomic E-state index is 12.5. The summed E-state index contributed by atoms with van der Waals surface area (Å²) in [5, 5.41) is 7.83. The molecule has 0 radical (unpaired) electrons. The first-order valence-corrected chi connectivity index (χ1v) is 9.62. The van der Waals surface area contributed by atoms with Gasteiger partial charge in [-0.15, -0.1) is 0 Å². The smallest absolute Gasteiger partial charge is 0.224 e. The Hall–Kier alpha value is -2.88. The van der Waals surface area contributed by atoms with Crippen LogP contribution in [0.1, 0.15) is 46.8 Å². The Morgan fingerprint density at radius 2 is 1.89 bits per heavy atom. The molecule has 3 aromatic rings. The second-order valence-electron chi connectivity index (χ2n) is 7.36. The van der Waals surface area contributed by atoms with Crippen LogP contribution in [0.15, 0.2) is 60.8 Å². The Labute approximate surface area is 160 Å². The fourth-order valence-corrected chi connectivity index (χ4v) is 3.80. The summed E-state index contributed by atoms with van der Waals surface area (Å²) in [5.74, 6) is 0.0764. The first-order valence-electron chi connectivity index (χ1n) is 9.62. The van der Waals surface area contributed by atoms with Crippen LogP contribution in [0.25, 0.3) is 0 Å². The van der Waals surface area contributed by atoms with Gasteiger partial charge >= 0.3 is 0 Å². The first-order chi connectivity index (χ1) is 13.2. The number of rotatable bonds is 5. The molecule has 2 aromatic carbocycles. The monoisotopic (exact) mass is 359 g/mol. The SMILES string of the molecule is Cc1ccc(CC(=O)NC2CCCc3c2cnn3Cc2ccccc2)cc1. The van der Waals surface area contributed by atoms with Crippen molar-refractivity contribution in [1.29, 1.82) is 0 Å². The highest BCUT2D eigenvalue weighted by molar-refractivity contribution is 5.79. The Balaban J connectivity index is 1.45. The van der Waals surface area contributed by atoms with Crippen molar-refractivity contribution in [2.75, 3.05) is 0 Å². The van der Waals surface area contributed by atoms with E-state index in [2.05, 4.69) is 58.4 Å². The molecule has 1 amide bonds. The normalized spacial score (nSPS) is 16.0. The fourth-order valence-electron chi connectivity index (χ4n) is 3.80. The van der Waals surface area contributed by atoms with Gasteiger partial charge < -0.3 is 5.32 Å². The van der Waals surface area contributed by atoms with E-state index < -0.39 is 0 Å². The van der Waals surface area contributed by atoms with Crippen molar-refractivity contribution in [3.05, 3.63) is 88.7 Å². The van der Waals surface area contributed by atoms with Crippen LogP contribution in [0.4, 0.5) is 0 Å². The summed E-state index contributed by atoms with van der Waals surface area (Å²) < 4.78 is 2.09. The number of carbonyl (C=O) groups excluding carboxylic acids is 1. The molecule has 138 valence electrons. The molecule has 4 heteroatoms. The minimum absolute atomic E-state index is 0.0659. The minimum Gasteiger partial charge on any atom is -0.349 e. The lowest BCUT2D eigenvalue weighted by molar-refractivity contribution is -0.121. The third-order valence-electron chi connectivity index (χ3n) is 5.26. The zero-order chi connectivity index (χ0) is 18.6. The maximum Gasteiger partial charge on any atom is 0.224 e. The Bertz CT molecular complexity index is 913. The topological polar surface area (TPSA) is 46.9 Å². The quantitative estimate of drug-likeness (QED) is 0.749. The largest absolute Gasteiger partial charge is 0.349 e. The van der Waals surface area contributed by atoms with Crippen molar-refractivity contribution < 1.29 is 4.79 Å². The predicted octanol–water partition coefficient (Wildman–Crippen LogP) is 3.98. The van der Waals surface area contributed by atoms with Crippen LogP contribution in [0, 0.1) is 6.92 Å². The van der Waals surface area contributed by atoms with Crippen LogP contribution >= 0.6 is 0 Å². The molecule has 0 bridgehead atoms. The van der Waals surface area contributed by atoms with Crippen molar-refractivity contribution in [1.82, 2.24) is 15.1 Å². The number of amides is 1. The van der Waals surface area contributed by atoms with Gasteiger partial charge in [-0.25, -0.2) is 0 Å². The summed E-state index contributed by atoms with van der Waals surface area (Å²) in [6.45, 7) is 2.83. The van der Waals surface area contributed by atoms with E-state index in [1.54, 1.807) is 0 Å². The van der Waals surface area contributed by atoms with E-state index in [1.807, 2.05) is 24.4 Å². The number of hydrogen-bond acceptors (Lipinski definition) is 2. The Kier molecular flexibility index (Phi) is 5.05. The number of carbonyl (C=O) groups is 1. The van der Waals surface area contributed by atoms with Crippen LogP contribution in [-0.4, -0.2) is 15.7 Å². The molecular weight excluding hydrogens is 334 g/mol. The van der Waals surface area contributed by atoms with Gasteiger partial charge in [0.05, 0.1) is 25.2 Å². The van der Waals surface area contributed by atoms with Crippen molar-refractivity contribution in [3.8, 4) is 0 Å². The molecule has 4 rings (SSSR count). The summed E-state index contributed by atoms with van der Waals surface area (Å²) in [6.07, 6.45) is 5.43. The molecule has 1 atom stereocenters. The van der Waals surface area contributed by atoms with Crippen LogP contribution in [0.3, 0.4) is 0 Å². The van der Waals surface area contributed by atoms with Gasteiger partial charge in [-0.1, -0.05) is 60.2 Å². The van der Waals surface area contributed by atoms with Crippen LogP contribution in [-0.2, 0) is 24.2 Å². The predicted molar refractivity (Wildman–Crippen MR) is 106 cm³/mol. The van der Waals surface area contributed by atoms with Crippen LogP contribution in [0.5, 0.6) is 0 Å². The van der Waals surface area contributed by atoms with Gasteiger partial charge in [0.15, 0.2) is 0 Å². The van der Waals surface area contributed by atoms with Crippen molar-refractivity contribution in [3.63, 3.8) is 0 Å². The highest BCUT2D eigenvalue weighted by Gasteiger charge is 2.25. The second-order valence-corrected chi connectivity index (χ2v) is 7.36. The van der Waals surface area contributed by atoms with Gasteiger partial charge in [0.25, 0.3) is 0 Å². The summed E-state index contributed by atoms with van der Waals surface area (Å²) in [6, 6.07) is 18.6. The van der Waals surface area contributed by atoms with Gasteiger partial charge in [0.2, 0.25) is 5.91 Å². The number of nitrogens with zero attached hydrogens (tertiary/aromatic N) is 2. The number of benzene rings is 2. The lowest BCUT2D eigenvalue weighted by Crippen LogP contribution is -2.32. The molecule has 4 nitrogen and oxygen atoms in total. The summed E-state index contributed by atoms with van der Waals surface area (Å²) in [7, 11) is 0. The molecule has 0 saturated carbocycles. The Morgan fingerprint density at radius 1 is 1.11 bits per heavy atom. The third kappa shape index (κ3) is 4.11. The summed E-state index contributed by atoms with van der Waals surface area (Å²) in [5.41, 5.74) is 5.94. The fraction of sp³-hybridized carbons (Fsp3) is 0.304. The molecule has 1 unspecified atom stereocenters. The molecule has 0 spiro atoms. The maximum absolute atomic E-state index is 12.5. The van der Waals surface area contributed by atoms with E-state index in [9.17, 15) is 4.79 Å². The zero-order valence-electron chi connectivity index (χ0n) is 15.7. The molecule has 1 aromatic heterocycles. The van der Waals surface area contributed by atoms with Gasteiger partial charge in [0, 0.05) is 11.3 Å². The molecule has 0 fully saturated rings. The summed E-state index contributed by atoms with van der Waals surface area (Å²) >= 11 is 0. The number of fused-ring (bicyclic) bond motifs is 1. The highest BCUT2D eigenvalue weighted by atomic mass is 16.1. The molecule has 1 N–H and O–H groups in total. The number of aromatic nitrogens is 2. The number of hydrogen-bond donors (Lipinski definition) is 1. The zero-order valence-corrected chi connectivity index (χ0v) is 15.7. The first kappa shape index (κ1) is 17.5. The van der Waals surface area contributed by atoms with E-state index in [4.69, 9.17) is 0 Å². The number of aryl methyl sites for hydroxylation is 1.